The lowest BCUT2D eigenvalue weighted by Gasteiger charge is -2.13. The summed E-state index contributed by atoms with van der Waals surface area (Å²) in [7, 11) is 0. The van der Waals surface area contributed by atoms with Gasteiger partial charge in [0.1, 0.15) is 17.2 Å². The van der Waals surface area contributed by atoms with E-state index in [0.29, 0.717) is 17.9 Å². The summed E-state index contributed by atoms with van der Waals surface area (Å²) in [6, 6.07) is 15.5. The van der Waals surface area contributed by atoms with Crippen molar-refractivity contribution in [2.75, 3.05) is 0 Å². The van der Waals surface area contributed by atoms with E-state index in [1.807, 2.05) is 16.7 Å². The third-order valence-corrected chi connectivity index (χ3v) is 5.18. The van der Waals surface area contributed by atoms with E-state index in [-0.39, 0.29) is 11.6 Å². The zero-order valence-electron chi connectivity index (χ0n) is 17.0. The molecule has 5 nitrogen and oxygen atoms in total. The lowest BCUT2D eigenvalue weighted by molar-refractivity contribution is -0.274. The fourth-order valence-corrected chi connectivity index (χ4v) is 3.76. The molecule has 0 spiro atoms. The van der Waals surface area contributed by atoms with Gasteiger partial charge in [0, 0.05) is 35.5 Å². The first kappa shape index (κ1) is 20.7. The van der Waals surface area contributed by atoms with Crippen molar-refractivity contribution in [3.8, 4) is 28.3 Å². The third kappa shape index (κ3) is 4.30. The van der Waals surface area contributed by atoms with Crippen LogP contribution in [0, 0.1) is 5.82 Å². The van der Waals surface area contributed by atoms with Gasteiger partial charge in [0.05, 0.1) is 17.7 Å². The highest BCUT2D eigenvalue weighted by Crippen LogP contribution is 2.35. The van der Waals surface area contributed by atoms with Crippen molar-refractivity contribution in [1.29, 1.82) is 0 Å². The Bertz CT molecular complexity index is 1400. The number of rotatable bonds is 5. The Morgan fingerprint density at radius 1 is 0.909 bits per heavy atom. The van der Waals surface area contributed by atoms with Gasteiger partial charge in [-0.05, 0) is 54.1 Å². The van der Waals surface area contributed by atoms with E-state index in [4.69, 9.17) is 0 Å². The SMILES string of the molecule is Fc1ccc(-c2ncn(Cc3ccc(OC(F)(F)F)cc3)c2-c2ccnc3[nH]ccc23)cc1. The first-order valence-electron chi connectivity index (χ1n) is 9.95. The number of aromatic nitrogens is 4. The molecule has 0 aliphatic rings. The number of hydrogen-bond donors (Lipinski definition) is 1. The molecule has 0 aliphatic carbocycles. The molecule has 166 valence electrons. The van der Waals surface area contributed by atoms with Gasteiger partial charge in [-0.3, -0.25) is 0 Å². The predicted molar refractivity (Wildman–Crippen MR) is 115 cm³/mol. The number of H-pyrrole nitrogens is 1. The Kier molecular flexibility index (Phi) is 5.08. The van der Waals surface area contributed by atoms with Crippen LogP contribution in [0.4, 0.5) is 17.6 Å². The fraction of sp³-hybridized carbons (Fsp3) is 0.0833. The summed E-state index contributed by atoms with van der Waals surface area (Å²) < 4.78 is 56.7. The summed E-state index contributed by atoms with van der Waals surface area (Å²) in [4.78, 5) is 12.0. The maximum absolute atomic E-state index is 13.5. The van der Waals surface area contributed by atoms with E-state index in [9.17, 15) is 17.6 Å². The van der Waals surface area contributed by atoms with Gasteiger partial charge >= 0.3 is 6.36 Å². The Hall–Kier alpha value is -4.14. The highest BCUT2D eigenvalue weighted by molar-refractivity contribution is 5.95. The molecule has 0 saturated carbocycles. The van der Waals surface area contributed by atoms with Gasteiger partial charge in [0.25, 0.3) is 0 Å². The standard InChI is InChI=1S/C24H16F4N4O/c25-17-5-3-16(4-6-17)21-22(19-9-11-29-23-20(19)10-12-30-23)32(14-31-21)13-15-1-7-18(8-2-15)33-24(26,27)28/h1-12,14H,13H2,(H,29,30). The molecule has 9 heteroatoms. The smallest absolute Gasteiger partial charge is 0.406 e. The summed E-state index contributed by atoms with van der Waals surface area (Å²) >= 11 is 0. The van der Waals surface area contributed by atoms with Crippen molar-refractivity contribution < 1.29 is 22.3 Å². The maximum Gasteiger partial charge on any atom is 0.573 e. The van der Waals surface area contributed by atoms with E-state index in [0.717, 1.165) is 27.8 Å². The summed E-state index contributed by atoms with van der Waals surface area (Å²) in [5, 5.41) is 0.886. The highest BCUT2D eigenvalue weighted by atomic mass is 19.4. The molecule has 0 fully saturated rings. The summed E-state index contributed by atoms with van der Waals surface area (Å²) in [6.45, 7) is 0.351. The average molecular weight is 452 g/mol. The van der Waals surface area contributed by atoms with Gasteiger partial charge < -0.3 is 14.3 Å². The van der Waals surface area contributed by atoms with Crippen LogP contribution in [0.15, 0.2) is 79.4 Å². The molecule has 5 rings (SSSR count). The zero-order valence-corrected chi connectivity index (χ0v) is 17.0. The third-order valence-electron chi connectivity index (χ3n) is 5.18. The maximum atomic E-state index is 13.5. The Labute approximate surface area is 185 Å². The molecule has 0 unspecified atom stereocenters. The zero-order chi connectivity index (χ0) is 23.0. The van der Waals surface area contributed by atoms with Gasteiger partial charge in [-0.1, -0.05) is 12.1 Å². The molecule has 0 radical (unpaired) electrons. The first-order chi connectivity index (χ1) is 15.9. The number of imidazole rings is 1. The molecule has 0 amide bonds. The number of aromatic amines is 1. The van der Waals surface area contributed by atoms with Crippen LogP contribution in [-0.4, -0.2) is 25.9 Å². The van der Waals surface area contributed by atoms with E-state index in [2.05, 4.69) is 19.7 Å². The number of benzene rings is 2. The van der Waals surface area contributed by atoms with Gasteiger partial charge in [0.2, 0.25) is 0 Å². The second-order valence-corrected chi connectivity index (χ2v) is 7.37. The Morgan fingerprint density at radius 2 is 1.67 bits per heavy atom. The fourth-order valence-electron chi connectivity index (χ4n) is 3.76. The minimum absolute atomic E-state index is 0.285. The molecule has 33 heavy (non-hydrogen) atoms. The molecule has 5 aromatic rings. The molecule has 0 atom stereocenters. The van der Waals surface area contributed by atoms with E-state index >= 15 is 0 Å². The van der Waals surface area contributed by atoms with E-state index in [1.54, 1.807) is 43.0 Å². The van der Waals surface area contributed by atoms with Crippen molar-refractivity contribution in [2.24, 2.45) is 0 Å². The van der Waals surface area contributed by atoms with Crippen LogP contribution in [0.5, 0.6) is 5.75 Å². The second kappa shape index (κ2) is 8.09. The minimum Gasteiger partial charge on any atom is -0.406 e. The molecule has 0 bridgehead atoms. The van der Waals surface area contributed by atoms with Gasteiger partial charge in [-0.2, -0.15) is 0 Å². The van der Waals surface area contributed by atoms with Gasteiger partial charge in [-0.15, -0.1) is 13.2 Å². The summed E-state index contributed by atoms with van der Waals surface area (Å²) in [5.74, 6) is -0.634. The van der Waals surface area contributed by atoms with Crippen LogP contribution in [0.3, 0.4) is 0 Å². The lowest BCUT2D eigenvalue weighted by Crippen LogP contribution is -2.17. The number of nitrogens with zero attached hydrogens (tertiary/aromatic N) is 3. The van der Waals surface area contributed by atoms with Crippen LogP contribution in [0.2, 0.25) is 0 Å². The quantitative estimate of drug-likeness (QED) is 0.324. The van der Waals surface area contributed by atoms with Crippen LogP contribution in [0.25, 0.3) is 33.5 Å². The van der Waals surface area contributed by atoms with Crippen LogP contribution < -0.4 is 4.74 Å². The van der Waals surface area contributed by atoms with Crippen molar-refractivity contribution in [3.63, 3.8) is 0 Å². The van der Waals surface area contributed by atoms with Crippen molar-refractivity contribution in [2.45, 2.75) is 12.9 Å². The molecular weight excluding hydrogens is 436 g/mol. The molecule has 0 saturated heterocycles. The number of fused-ring (bicyclic) bond motifs is 1. The number of pyridine rings is 1. The minimum atomic E-state index is -4.74. The van der Waals surface area contributed by atoms with Gasteiger partial charge in [0.15, 0.2) is 0 Å². The van der Waals surface area contributed by atoms with Gasteiger partial charge in [-0.25, -0.2) is 14.4 Å². The number of halogens is 4. The molecule has 2 aromatic carbocycles. The number of ether oxygens (including phenoxy) is 1. The summed E-state index contributed by atoms with van der Waals surface area (Å²) in [5.41, 5.74) is 4.51. The number of hydrogen-bond acceptors (Lipinski definition) is 3. The topological polar surface area (TPSA) is 55.7 Å². The average Bonchev–Trinajstić information content (AvgIpc) is 3.42. The predicted octanol–water partition coefficient (Wildman–Crippen LogP) is 6.18. The Morgan fingerprint density at radius 3 is 2.39 bits per heavy atom. The van der Waals surface area contributed by atoms with E-state index in [1.165, 1.54) is 24.3 Å². The van der Waals surface area contributed by atoms with Crippen LogP contribution in [0.1, 0.15) is 5.56 Å². The van der Waals surface area contributed by atoms with Crippen molar-refractivity contribution >= 4 is 11.0 Å². The molecule has 3 heterocycles. The lowest BCUT2D eigenvalue weighted by atomic mass is 10.0. The normalized spacial score (nSPS) is 11.8. The van der Waals surface area contributed by atoms with Crippen molar-refractivity contribution in [1.82, 2.24) is 19.5 Å². The number of alkyl halides is 3. The second-order valence-electron chi connectivity index (χ2n) is 7.37. The summed E-state index contributed by atoms with van der Waals surface area (Å²) in [6.07, 6.45) is 0.390. The van der Waals surface area contributed by atoms with Crippen molar-refractivity contribution in [3.05, 3.63) is 90.8 Å². The first-order valence-corrected chi connectivity index (χ1v) is 9.95. The molecule has 3 aromatic heterocycles. The van der Waals surface area contributed by atoms with Crippen LogP contribution in [-0.2, 0) is 6.54 Å². The van der Waals surface area contributed by atoms with E-state index < -0.39 is 6.36 Å². The Balaban J connectivity index is 1.58. The molecule has 0 aliphatic heterocycles. The molecule has 1 N–H and O–H groups in total. The number of nitrogens with one attached hydrogen (secondary N) is 1. The van der Waals surface area contributed by atoms with Crippen LogP contribution >= 0.6 is 0 Å². The molecular formula is C24H16F4N4O. The monoisotopic (exact) mass is 452 g/mol. The largest absolute Gasteiger partial charge is 0.573 e. The highest BCUT2D eigenvalue weighted by Gasteiger charge is 2.31.